The molecule has 4 nitrogen and oxygen atoms in total. The number of hydrazone groups is 1. The third-order valence-corrected chi connectivity index (χ3v) is 4.45. The summed E-state index contributed by atoms with van der Waals surface area (Å²) in [5.41, 5.74) is 5.76. The van der Waals surface area contributed by atoms with Gasteiger partial charge >= 0.3 is 5.97 Å². The molecule has 1 fully saturated rings. The van der Waals surface area contributed by atoms with Gasteiger partial charge in [-0.25, -0.2) is 4.79 Å². The van der Waals surface area contributed by atoms with E-state index in [-0.39, 0.29) is 12.1 Å². The van der Waals surface area contributed by atoms with Crippen molar-refractivity contribution in [3.8, 4) is 0 Å². The van der Waals surface area contributed by atoms with Crippen LogP contribution in [0.1, 0.15) is 36.0 Å². The Morgan fingerprint density at radius 1 is 1.08 bits per heavy atom. The molecule has 1 aliphatic carbocycles. The fraction of sp³-hybridized carbons (Fsp3) is 0.263. The van der Waals surface area contributed by atoms with Gasteiger partial charge in [0.1, 0.15) is 6.10 Å². The molecule has 1 N–H and O–H groups in total. The van der Waals surface area contributed by atoms with Crippen molar-refractivity contribution in [1.82, 2.24) is 0 Å². The molecule has 2 aromatic carbocycles. The van der Waals surface area contributed by atoms with Crippen molar-refractivity contribution < 1.29 is 9.53 Å². The molecule has 0 aliphatic heterocycles. The minimum Gasteiger partial charge on any atom is -0.459 e. The summed E-state index contributed by atoms with van der Waals surface area (Å²) in [6.45, 7) is 0. The standard InChI is InChI=1S/C19H19BrN2O2/c20-15-7-4-8-17(13-15)22-21-16-9-11-18(12-10-16)24-19(23)14-5-2-1-3-6-14/h1-8,13,18,22H,9-12H2. The Balaban J connectivity index is 1.49. The lowest BCUT2D eigenvalue weighted by atomic mass is 9.96. The van der Waals surface area contributed by atoms with Crippen LogP contribution in [0.3, 0.4) is 0 Å². The second-order valence-corrected chi connectivity index (χ2v) is 6.69. The zero-order valence-corrected chi connectivity index (χ0v) is 14.8. The van der Waals surface area contributed by atoms with E-state index in [2.05, 4.69) is 26.5 Å². The second-order valence-electron chi connectivity index (χ2n) is 5.77. The Morgan fingerprint density at radius 3 is 2.54 bits per heavy atom. The van der Waals surface area contributed by atoms with Crippen LogP contribution >= 0.6 is 15.9 Å². The normalized spacial score (nSPS) is 17.2. The molecule has 3 rings (SSSR count). The summed E-state index contributed by atoms with van der Waals surface area (Å²) in [4.78, 5) is 12.1. The first kappa shape index (κ1) is 16.7. The molecule has 124 valence electrons. The number of halogens is 1. The van der Waals surface area contributed by atoms with Crippen molar-refractivity contribution in [2.45, 2.75) is 31.8 Å². The van der Waals surface area contributed by atoms with Crippen LogP contribution in [0, 0.1) is 0 Å². The van der Waals surface area contributed by atoms with Gasteiger partial charge in [0.15, 0.2) is 0 Å². The van der Waals surface area contributed by atoms with E-state index in [0.717, 1.165) is 41.6 Å². The van der Waals surface area contributed by atoms with Crippen molar-refractivity contribution >= 4 is 33.3 Å². The Kier molecular flexibility index (Phi) is 5.64. The molecule has 0 bridgehead atoms. The number of carbonyl (C=O) groups is 1. The molecule has 0 unspecified atom stereocenters. The molecular weight excluding hydrogens is 368 g/mol. The number of hydrogen-bond donors (Lipinski definition) is 1. The summed E-state index contributed by atoms with van der Waals surface area (Å²) >= 11 is 3.44. The zero-order valence-electron chi connectivity index (χ0n) is 13.2. The van der Waals surface area contributed by atoms with Crippen LogP contribution in [-0.2, 0) is 4.74 Å². The summed E-state index contributed by atoms with van der Waals surface area (Å²) < 4.78 is 6.60. The van der Waals surface area contributed by atoms with Crippen molar-refractivity contribution in [3.05, 3.63) is 64.6 Å². The number of anilines is 1. The topological polar surface area (TPSA) is 50.7 Å². The second kappa shape index (κ2) is 8.11. The summed E-state index contributed by atoms with van der Waals surface area (Å²) in [5.74, 6) is -0.242. The average Bonchev–Trinajstić information content (AvgIpc) is 2.62. The molecule has 5 heteroatoms. The number of carbonyl (C=O) groups excluding carboxylic acids is 1. The molecule has 1 saturated carbocycles. The Labute approximate surface area is 150 Å². The van der Waals surface area contributed by atoms with E-state index in [4.69, 9.17) is 4.74 Å². The minimum absolute atomic E-state index is 0.0254. The highest BCUT2D eigenvalue weighted by atomic mass is 79.9. The maximum absolute atomic E-state index is 12.1. The summed E-state index contributed by atoms with van der Waals surface area (Å²) in [6.07, 6.45) is 3.29. The van der Waals surface area contributed by atoms with Gasteiger partial charge in [0.25, 0.3) is 0 Å². The van der Waals surface area contributed by atoms with E-state index in [1.165, 1.54) is 0 Å². The highest BCUT2D eigenvalue weighted by Gasteiger charge is 2.21. The monoisotopic (exact) mass is 386 g/mol. The molecule has 2 aromatic rings. The van der Waals surface area contributed by atoms with Crippen molar-refractivity contribution in [2.24, 2.45) is 5.10 Å². The van der Waals surface area contributed by atoms with Crippen LogP contribution in [-0.4, -0.2) is 17.8 Å². The first-order valence-electron chi connectivity index (χ1n) is 8.04. The molecule has 0 amide bonds. The van der Waals surface area contributed by atoms with Gasteiger partial charge in [-0.3, -0.25) is 5.43 Å². The summed E-state index contributed by atoms with van der Waals surface area (Å²) in [5, 5.41) is 4.47. The van der Waals surface area contributed by atoms with Crippen LogP contribution in [0.5, 0.6) is 0 Å². The highest BCUT2D eigenvalue weighted by molar-refractivity contribution is 9.10. The first-order valence-corrected chi connectivity index (χ1v) is 8.83. The van der Waals surface area contributed by atoms with Crippen LogP contribution in [0.4, 0.5) is 5.69 Å². The minimum atomic E-state index is -0.242. The Morgan fingerprint density at radius 2 is 1.83 bits per heavy atom. The molecule has 0 spiro atoms. The number of ether oxygens (including phenoxy) is 1. The number of benzene rings is 2. The fourth-order valence-corrected chi connectivity index (χ4v) is 3.05. The van der Waals surface area contributed by atoms with Gasteiger partial charge in [-0.2, -0.15) is 5.10 Å². The molecule has 0 heterocycles. The number of nitrogens with zero attached hydrogens (tertiary/aromatic N) is 1. The van der Waals surface area contributed by atoms with E-state index in [1.54, 1.807) is 12.1 Å². The fourth-order valence-electron chi connectivity index (χ4n) is 2.65. The van der Waals surface area contributed by atoms with E-state index in [1.807, 2.05) is 42.5 Å². The van der Waals surface area contributed by atoms with Gasteiger partial charge in [-0.1, -0.05) is 40.2 Å². The maximum Gasteiger partial charge on any atom is 0.338 e. The summed E-state index contributed by atoms with van der Waals surface area (Å²) in [7, 11) is 0. The van der Waals surface area contributed by atoms with Gasteiger partial charge in [0, 0.05) is 10.2 Å². The third kappa shape index (κ3) is 4.68. The lowest BCUT2D eigenvalue weighted by molar-refractivity contribution is 0.0256. The predicted molar refractivity (Wildman–Crippen MR) is 99.3 cm³/mol. The summed E-state index contributed by atoms with van der Waals surface area (Å²) in [6, 6.07) is 17.0. The molecule has 0 radical (unpaired) electrons. The first-order chi connectivity index (χ1) is 11.7. The Hall–Kier alpha value is -2.14. The maximum atomic E-state index is 12.1. The van der Waals surface area contributed by atoms with E-state index < -0.39 is 0 Å². The number of esters is 1. The predicted octanol–water partition coefficient (Wildman–Crippen LogP) is 5.02. The van der Waals surface area contributed by atoms with Crippen LogP contribution < -0.4 is 5.43 Å². The lowest BCUT2D eigenvalue weighted by Crippen LogP contribution is -2.25. The molecule has 0 saturated heterocycles. The van der Waals surface area contributed by atoms with Crippen LogP contribution in [0.25, 0.3) is 0 Å². The lowest BCUT2D eigenvalue weighted by Gasteiger charge is -2.23. The van der Waals surface area contributed by atoms with E-state index >= 15 is 0 Å². The average molecular weight is 387 g/mol. The molecule has 0 aromatic heterocycles. The molecule has 0 atom stereocenters. The van der Waals surface area contributed by atoms with E-state index in [0.29, 0.717) is 5.56 Å². The van der Waals surface area contributed by atoms with Crippen molar-refractivity contribution in [1.29, 1.82) is 0 Å². The largest absolute Gasteiger partial charge is 0.459 e. The van der Waals surface area contributed by atoms with Crippen molar-refractivity contribution in [2.75, 3.05) is 5.43 Å². The zero-order chi connectivity index (χ0) is 16.8. The molecule has 1 aliphatic rings. The SMILES string of the molecule is O=C(OC1CCC(=NNc2cccc(Br)c2)CC1)c1ccccc1. The van der Waals surface area contributed by atoms with Gasteiger partial charge < -0.3 is 4.74 Å². The van der Waals surface area contributed by atoms with Crippen LogP contribution in [0.15, 0.2) is 64.2 Å². The smallest absolute Gasteiger partial charge is 0.338 e. The Bertz CT molecular complexity index is 721. The highest BCUT2D eigenvalue weighted by Crippen LogP contribution is 2.21. The third-order valence-electron chi connectivity index (χ3n) is 3.96. The quantitative estimate of drug-likeness (QED) is 0.592. The number of hydrogen-bond acceptors (Lipinski definition) is 4. The molecule has 24 heavy (non-hydrogen) atoms. The van der Waals surface area contributed by atoms with Crippen molar-refractivity contribution in [3.63, 3.8) is 0 Å². The van der Waals surface area contributed by atoms with Gasteiger partial charge in [-0.05, 0) is 56.0 Å². The van der Waals surface area contributed by atoms with Gasteiger partial charge in [0.2, 0.25) is 0 Å². The van der Waals surface area contributed by atoms with Gasteiger partial charge in [0.05, 0.1) is 11.3 Å². The molecular formula is C19H19BrN2O2. The van der Waals surface area contributed by atoms with E-state index in [9.17, 15) is 4.79 Å². The van der Waals surface area contributed by atoms with Gasteiger partial charge in [-0.15, -0.1) is 0 Å². The number of nitrogens with one attached hydrogen (secondary N) is 1. The number of rotatable bonds is 4. The van der Waals surface area contributed by atoms with Crippen LogP contribution in [0.2, 0.25) is 0 Å².